The molecule has 2 rings (SSSR count). The second-order valence-corrected chi connectivity index (χ2v) is 5.41. The minimum absolute atomic E-state index is 0.319. The van der Waals surface area contributed by atoms with Gasteiger partial charge in [0, 0.05) is 0 Å². The predicted octanol–water partition coefficient (Wildman–Crippen LogP) is 6.67. The molecular formula is C18H14F6. The Morgan fingerprint density at radius 3 is 1.25 bits per heavy atom. The van der Waals surface area contributed by atoms with Crippen LogP contribution < -0.4 is 0 Å². The third-order valence-electron chi connectivity index (χ3n) is 3.81. The van der Waals surface area contributed by atoms with Gasteiger partial charge in [-0.15, -0.1) is 0 Å². The second kappa shape index (κ2) is 6.34. The van der Waals surface area contributed by atoms with Gasteiger partial charge < -0.3 is 0 Å². The fourth-order valence-corrected chi connectivity index (χ4v) is 2.29. The first kappa shape index (κ1) is 18.1. The van der Waals surface area contributed by atoms with E-state index in [1.807, 2.05) is 0 Å². The molecule has 2 aromatic rings. The smallest absolute Gasteiger partial charge is 0.166 e. The molecule has 0 atom stereocenters. The molecule has 0 amide bonds. The standard InChI is InChI=1S/C18H14F6/c1-11(13-5-3-7-15(9-13)17(19,20)21)12(2)14-6-4-8-16(10-14)18(22,23)24/h3-10H,1-2H3/b12-11+. The van der Waals surface area contributed by atoms with Gasteiger partial charge in [0.05, 0.1) is 11.1 Å². The zero-order valence-electron chi connectivity index (χ0n) is 12.9. The summed E-state index contributed by atoms with van der Waals surface area (Å²) in [6.45, 7) is 3.18. The van der Waals surface area contributed by atoms with E-state index in [4.69, 9.17) is 0 Å². The lowest BCUT2D eigenvalue weighted by atomic mass is 9.95. The molecular weight excluding hydrogens is 330 g/mol. The summed E-state index contributed by atoms with van der Waals surface area (Å²) in [6.07, 6.45) is -8.94. The summed E-state index contributed by atoms with van der Waals surface area (Å²) < 4.78 is 76.8. The maximum atomic E-state index is 12.8. The van der Waals surface area contributed by atoms with Crippen molar-refractivity contribution in [2.75, 3.05) is 0 Å². The molecule has 0 aliphatic rings. The molecule has 128 valence electrons. The topological polar surface area (TPSA) is 0 Å². The number of rotatable bonds is 2. The highest BCUT2D eigenvalue weighted by Gasteiger charge is 2.31. The van der Waals surface area contributed by atoms with Gasteiger partial charge in [-0.05, 0) is 60.4 Å². The van der Waals surface area contributed by atoms with Crippen molar-refractivity contribution in [2.24, 2.45) is 0 Å². The first-order chi connectivity index (χ1) is 11.0. The first-order valence-corrected chi connectivity index (χ1v) is 7.03. The fraction of sp³-hybridized carbons (Fsp3) is 0.222. The number of hydrogen-bond donors (Lipinski definition) is 0. The molecule has 0 aromatic heterocycles. The summed E-state index contributed by atoms with van der Waals surface area (Å²) in [5.74, 6) is 0. The summed E-state index contributed by atoms with van der Waals surface area (Å²) in [6, 6.07) is 9.46. The van der Waals surface area contributed by atoms with E-state index in [9.17, 15) is 26.3 Å². The van der Waals surface area contributed by atoms with E-state index in [0.717, 1.165) is 24.3 Å². The molecule has 0 heterocycles. The highest BCUT2D eigenvalue weighted by Crippen LogP contribution is 2.34. The average molecular weight is 344 g/mol. The predicted molar refractivity (Wildman–Crippen MR) is 81.1 cm³/mol. The molecule has 0 aliphatic heterocycles. The molecule has 0 nitrogen and oxygen atoms in total. The van der Waals surface area contributed by atoms with Crippen LogP contribution in [-0.4, -0.2) is 0 Å². The quantitative estimate of drug-likeness (QED) is 0.421. The Morgan fingerprint density at radius 1 is 0.625 bits per heavy atom. The van der Waals surface area contributed by atoms with E-state index in [1.54, 1.807) is 13.8 Å². The molecule has 0 aliphatic carbocycles. The normalized spacial score (nSPS) is 13.7. The van der Waals surface area contributed by atoms with E-state index < -0.39 is 23.5 Å². The van der Waals surface area contributed by atoms with Crippen LogP contribution in [0.15, 0.2) is 48.5 Å². The Labute approximate surface area is 135 Å². The number of halogens is 6. The van der Waals surface area contributed by atoms with Crippen LogP contribution in [0, 0.1) is 0 Å². The lowest BCUT2D eigenvalue weighted by molar-refractivity contribution is -0.138. The molecule has 24 heavy (non-hydrogen) atoms. The van der Waals surface area contributed by atoms with Crippen LogP contribution in [0.4, 0.5) is 26.3 Å². The number of benzene rings is 2. The summed E-state index contributed by atoms with van der Waals surface area (Å²) in [7, 11) is 0. The van der Waals surface area contributed by atoms with Crippen LogP contribution in [0.25, 0.3) is 11.1 Å². The largest absolute Gasteiger partial charge is 0.416 e. The highest BCUT2D eigenvalue weighted by molar-refractivity contribution is 5.89. The van der Waals surface area contributed by atoms with Crippen molar-refractivity contribution < 1.29 is 26.3 Å². The average Bonchev–Trinajstić information content (AvgIpc) is 2.52. The fourth-order valence-electron chi connectivity index (χ4n) is 2.29. The van der Waals surface area contributed by atoms with Crippen LogP contribution in [0.5, 0.6) is 0 Å². The second-order valence-electron chi connectivity index (χ2n) is 5.41. The molecule has 0 spiro atoms. The lowest BCUT2D eigenvalue weighted by Crippen LogP contribution is -2.05. The number of hydrogen-bond acceptors (Lipinski definition) is 0. The van der Waals surface area contributed by atoms with Gasteiger partial charge in [-0.2, -0.15) is 26.3 Å². The molecule has 0 bridgehead atoms. The van der Waals surface area contributed by atoms with Crippen molar-refractivity contribution in [3.05, 3.63) is 70.8 Å². The zero-order chi connectivity index (χ0) is 18.1. The molecule has 0 unspecified atom stereocenters. The molecule has 0 saturated heterocycles. The Balaban J connectivity index is 2.49. The van der Waals surface area contributed by atoms with Crippen LogP contribution in [0.3, 0.4) is 0 Å². The maximum Gasteiger partial charge on any atom is 0.416 e. The van der Waals surface area contributed by atoms with Gasteiger partial charge in [-0.25, -0.2) is 0 Å². The van der Waals surface area contributed by atoms with Gasteiger partial charge in [0.25, 0.3) is 0 Å². The van der Waals surface area contributed by atoms with Gasteiger partial charge in [0.1, 0.15) is 0 Å². The van der Waals surface area contributed by atoms with Crippen molar-refractivity contribution in [3.8, 4) is 0 Å². The van der Waals surface area contributed by atoms with Crippen molar-refractivity contribution in [1.29, 1.82) is 0 Å². The van der Waals surface area contributed by atoms with Gasteiger partial charge in [-0.3, -0.25) is 0 Å². The van der Waals surface area contributed by atoms with E-state index in [-0.39, 0.29) is 0 Å². The minimum Gasteiger partial charge on any atom is -0.166 e. The first-order valence-electron chi connectivity index (χ1n) is 7.03. The Hall–Kier alpha value is -2.24. The van der Waals surface area contributed by atoms with Gasteiger partial charge >= 0.3 is 12.4 Å². The third-order valence-corrected chi connectivity index (χ3v) is 3.81. The van der Waals surface area contributed by atoms with Gasteiger partial charge in [0.15, 0.2) is 0 Å². The SMILES string of the molecule is C/C(=C(/C)c1cccc(C(F)(F)F)c1)c1cccc(C(F)(F)F)c1. The van der Waals surface area contributed by atoms with Crippen molar-refractivity contribution in [3.63, 3.8) is 0 Å². The Morgan fingerprint density at radius 2 is 0.958 bits per heavy atom. The molecule has 0 radical (unpaired) electrons. The molecule has 0 N–H and O–H groups in total. The lowest BCUT2D eigenvalue weighted by Gasteiger charge is -2.13. The minimum atomic E-state index is -4.47. The summed E-state index contributed by atoms with van der Waals surface area (Å²) in [4.78, 5) is 0. The zero-order valence-corrected chi connectivity index (χ0v) is 12.9. The van der Waals surface area contributed by atoms with E-state index in [1.165, 1.54) is 24.3 Å². The highest BCUT2D eigenvalue weighted by atomic mass is 19.4. The van der Waals surface area contributed by atoms with Crippen molar-refractivity contribution in [1.82, 2.24) is 0 Å². The summed E-state index contributed by atoms with van der Waals surface area (Å²) in [5, 5.41) is 0. The summed E-state index contributed by atoms with van der Waals surface area (Å²) >= 11 is 0. The van der Waals surface area contributed by atoms with Crippen molar-refractivity contribution in [2.45, 2.75) is 26.2 Å². The Kier molecular flexibility index (Phi) is 4.78. The molecule has 6 heteroatoms. The monoisotopic (exact) mass is 344 g/mol. The third kappa shape index (κ3) is 3.99. The van der Waals surface area contributed by atoms with Crippen LogP contribution in [0.2, 0.25) is 0 Å². The maximum absolute atomic E-state index is 12.8. The number of allylic oxidation sites excluding steroid dienone is 2. The van der Waals surface area contributed by atoms with Crippen LogP contribution >= 0.6 is 0 Å². The molecule has 0 saturated carbocycles. The van der Waals surface area contributed by atoms with Crippen LogP contribution in [0.1, 0.15) is 36.1 Å². The van der Waals surface area contributed by atoms with E-state index in [2.05, 4.69) is 0 Å². The van der Waals surface area contributed by atoms with Crippen molar-refractivity contribution >= 4 is 11.1 Å². The molecule has 2 aromatic carbocycles. The molecule has 0 fully saturated rings. The van der Waals surface area contributed by atoms with E-state index in [0.29, 0.717) is 22.3 Å². The van der Waals surface area contributed by atoms with E-state index >= 15 is 0 Å². The number of alkyl halides is 6. The van der Waals surface area contributed by atoms with Gasteiger partial charge in [-0.1, -0.05) is 24.3 Å². The Bertz CT molecular complexity index is 700. The summed E-state index contributed by atoms with van der Waals surface area (Å²) in [5.41, 5.74) is 0.0210. The van der Waals surface area contributed by atoms with Gasteiger partial charge in [0.2, 0.25) is 0 Å². The van der Waals surface area contributed by atoms with Crippen LogP contribution in [-0.2, 0) is 12.4 Å².